The lowest BCUT2D eigenvalue weighted by atomic mass is 9.77. The van der Waals surface area contributed by atoms with E-state index in [9.17, 15) is 19.5 Å². The Morgan fingerprint density at radius 2 is 1.86 bits per heavy atom. The molecular formula is C27H23NO7. The average Bonchev–Trinajstić information content (AvgIpc) is 3.11. The van der Waals surface area contributed by atoms with Crippen molar-refractivity contribution in [3.63, 3.8) is 0 Å². The van der Waals surface area contributed by atoms with Crippen LogP contribution >= 0.6 is 0 Å². The largest absolute Gasteiger partial charge is 0.508 e. The Hall–Kier alpha value is -4.33. The van der Waals surface area contributed by atoms with Gasteiger partial charge in [0, 0.05) is 29.2 Å². The number of phenolic OH excluding ortho intramolecular Hbond substituents is 1. The van der Waals surface area contributed by atoms with Gasteiger partial charge in [-0.3, -0.25) is 9.59 Å². The van der Waals surface area contributed by atoms with E-state index in [0.29, 0.717) is 41.0 Å². The standard InChI is InChI=1S/C27H23NO7/c1-2-3-4-9-25(31)34-24-14-20-17(13-21(24)28-15-29)26(32)35-27(20)18-7-5-6-8-22(18)33-23-12-16(30)10-11-19(23)27/h5-8,10-15,30H,2-4,9H2,1H3,(H,28,29). The highest BCUT2D eigenvalue weighted by molar-refractivity contribution is 5.99. The van der Waals surface area contributed by atoms with E-state index in [1.165, 1.54) is 18.2 Å². The summed E-state index contributed by atoms with van der Waals surface area (Å²) in [5.41, 5.74) is 0.545. The van der Waals surface area contributed by atoms with E-state index in [0.717, 1.165) is 12.8 Å². The molecule has 2 N–H and O–H groups in total. The lowest BCUT2D eigenvalue weighted by Crippen LogP contribution is -2.33. The molecule has 2 heterocycles. The molecular weight excluding hydrogens is 450 g/mol. The van der Waals surface area contributed by atoms with Crippen LogP contribution in [0, 0.1) is 0 Å². The number of unbranched alkanes of at least 4 members (excludes halogenated alkanes) is 2. The number of rotatable bonds is 7. The molecule has 2 aliphatic rings. The fraction of sp³-hybridized carbons (Fsp3) is 0.222. The van der Waals surface area contributed by atoms with Crippen LogP contribution < -0.4 is 14.8 Å². The van der Waals surface area contributed by atoms with Crippen LogP contribution in [0.2, 0.25) is 0 Å². The molecule has 3 aromatic carbocycles. The molecule has 178 valence electrons. The van der Waals surface area contributed by atoms with Crippen LogP contribution in [0.1, 0.15) is 59.7 Å². The molecule has 1 amide bonds. The number of esters is 2. The lowest BCUT2D eigenvalue weighted by molar-refractivity contribution is -0.134. The summed E-state index contributed by atoms with van der Waals surface area (Å²) in [6, 6.07) is 14.7. The number of anilines is 1. The van der Waals surface area contributed by atoms with Crippen LogP contribution in [-0.4, -0.2) is 23.5 Å². The summed E-state index contributed by atoms with van der Waals surface area (Å²) >= 11 is 0. The Balaban J connectivity index is 1.70. The number of ether oxygens (including phenoxy) is 3. The van der Waals surface area contributed by atoms with E-state index in [1.807, 2.05) is 6.92 Å². The third-order valence-corrected chi connectivity index (χ3v) is 6.22. The Bertz CT molecular complexity index is 1350. The molecule has 35 heavy (non-hydrogen) atoms. The molecule has 2 aliphatic heterocycles. The predicted octanol–water partition coefficient (Wildman–Crippen LogP) is 5.01. The molecule has 5 rings (SSSR count). The summed E-state index contributed by atoms with van der Waals surface area (Å²) in [6.07, 6.45) is 3.22. The molecule has 1 spiro atoms. The van der Waals surface area contributed by atoms with Gasteiger partial charge in [-0.15, -0.1) is 0 Å². The number of aromatic hydroxyl groups is 1. The van der Waals surface area contributed by atoms with Gasteiger partial charge in [-0.05, 0) is 36.8 Å². The van der Waals surface area contributed by atoms with E-state index in [2.05, 4.69) is 5.32 Å². The summed E-state index contributed by atoms with van der Waals surface area (Å²) in [7, 11) is 0. The maximum absolute atomic E-state index is 13.2. The molecule has 0 radical (unpaired) electrons. The quantitative estimate of drug-likeness (QED) is 0.215. The van der Waals surface area contributed by atoms with Crippen LogP contribution in [0.5, 0.6) is 23.0 Å². The van der Waals surface area contributed by atoms with Crippen molar-refractivity contribution in [2.75, 3.05) is 5.32 Å². The minimum Gasteiger partial charge on any atom is -0.508 e. The number of phenols is 1. The molecule has 8 heteroatoms. The SMILES string of the molecule is CCCCCC(=O)Oc1cc2c(cc1NC=O)C(=O)OC21c2ccccc2Oc2cc(O)ccc21. The minimum atomic E-state index is -1.40. The summed E-state index contributed by atoms with van der Waals surface area (Å²) in [4.78, 5) is 36.9. The van der Waals surface area contributed by atoms with E-state index < -0.39 is 17.5 Å². The number of amides is 1. The fourth-order valence-electron chi connectivity index (χ4n) is 4.64. The number of para-hydroxylation sites is 1. The molecule has 1 unspecified atom stereocenters. The Labute approximate surface area is 201 Å². The second-order valence-electron chi connectivity index (χ2n) is 8.44. The van der Waals surface area contributed by atoms with Crippen LogP contribution in [-0.2, 0) is 19.9 Å². The average molecular weight is 473 g/mol. The van der Waals surface area contributed by atoms with Crippen molar-refractivity contribution in [3.05, 3.63) is 76.9 Å². The highest BCUT2D eigenvalue weighted by Gasteiger charge is 2.54. The molecule has 0 fully saturated rings. The van der Waals surface area contributed by atoms with Crippen LogP contribution in [0.4, 0.5) is 5.69 Å². The van der Waals surface area contributed by atoms with Gasteiger partial charge in [-0.25, -0.2) is 4.79 Å². The Morgan fingerprint density at radius 3 is 2.66 bits per heavy atom. The van der Waals surface area contributed by atoms with E-state index in [-0.39, 0.29) is 29.2 Å². The van der Waals surface area contributed by atoms with Gasteiger partial charge in [0.2, 0.25) is 6.41 Å². The summed E-state index contributed by atoms with van der Waals surface area (Å²) in [6.45, 7) is 2.04. The maximum Gasteiger partial charge on any atom is 0.340 e. The number of hydrogen-bond acceptors (Lipinski definition) is 7. The predicted molar refractivity (Wildman–Crippen MR) is 126 cm³/mol. The fourth-order valence-corrected chi connectivity index (χ4v) is 4.64. The van der Waals surface area contributed by atoms with E-state index >= 15 is 0 Å². The first kappa shape index (κ1) is 22.5. The number of fused-ring (bicyclic) bond motifs is 6. The van der Waals surface area contributed by atoms with Crippen LogP contribution in [0.3, 0.4) is 0 Å². The smallest absolute Gasteiger partial charge is 0.340 e. The Morgan fingerprint density at radius 1 is 1.06 bits per heavy atom. The van der Waals surface area contributed by atoms with Crippen molar-refractivity contribution < 1.29 is 33.7 Å². The number of carbonyl (C=O) groups excluding carboxylic acids is 3. The van der Waals surface area contributed by atoms with Gasteiger partial charge >= 0.3 is 11.9 Å². The first-order valence-corrected chi connectivity index (χ1v) is 11.4. The molecule has 1 atom stereocenters. The molecule has 0 aromatic heterocycles. The minimum absolute atomic E-state index is 0.00458. The van der Waals surface area contributed by atoms with Gasteiger partial charge in [0.05, 0.1) is 11.3 Å². The van der Waals surface area contributed by atoms with Gasteiger partial charge in [-0.1, -0.05) is 38.0 Å². The van der Waals surface area contributed by atoms with E-state index in [4.69, 9.17) is 14.2 Å². The molecule has 0 saturated carbocycles. The molecule has 0 saturated heterocycles. The topological polar surface area (TPSA) is 111 Å². The van der Waals surface area contributed by atoms with Gasteiger partial charge in [0.25, 0.3) is 0 Å². The van der Waals surface area contributed by atoms with Crippen LogP contribution in [0.25, 0.3) is 0 Å². The highest BCUT2D eigenvalue weighted by atomic mass is 16.6. The third-order valence-electron chi connectivity index (χ3n) is 6.22. The number of benzene rings is 3. The molecule has 3 aromatic rings. The van der Waals surface area contributed by atoms with Gasteiger partial charge in [0.1, 0.15) is 17.2 Å². The number of hydrogen-bond donors (Lipinski definition) is 2. The zero-order valence-corrected chi connectivity index (χ0v) is 19.0. The van der Waals surface area contributed by atoms with Crippen molar-refractivity contribution in [1.29, 1.82) is 0 Å². The maximum atomic E-state index is 13.2. The zero-order chi connectivity index (χ0) is 24.6. The van der Waals surface area contributed by atoms with Crippen molar-refractivity contribution in [3.8, 4) is 23.0 Å². The van der Waals surface area contributed by atoms with Gasteiger partial charge < -0.3 is 24.6 Å². The molecule has 8 nitrogen and oxygen atoms in total. The summed E-state index contributed by atoms with van der Waals surface area (Å²) < 4.78 is 17.7. The summed E-state index contributed by atoms with van der Waals surface area (Å²) in [5.74, 6) is -0.152. The van der Waals surface area contributed by atoms with E-state index in [1.54, 1.807) is 36.4 Å². The lowest BCUT2D eigenvalue weighted by Gasteiger charge is -2.36. The first-order valence-electron chi connectivity index (χ1n) is 11.4. The number of nitrogens with one attached hydrogen (secondary N) is 1. The van der Waals surface area contributed by atoms with Crippen molar-refractivity contribution in [2.45, 2.75) is 38.2 Å². The number of carbonyl (C=O) groups is 3. The second-order valence-corrected chi connectivity index (χ2v) is 8.44. The summed E-state index contributed by atoms with van der Waals surface area (Å²) in [5, 5.41) is 12.6. The normalized spacial score (nSPS) is 17.0. The van der Waals surface area contributed by atoms with Gasteiger partial charge in [-0.2, -0.15) is 0 Å². The van der Waals surface area contributed by atoms with Crippen molar-refractivity contribution in [2.24, 2.45) is 0 Å². The second kappa shape index (κ2) is 8.79. The monoisotopic (exact) mass is 473 g/mol. The molecule has 0 bridgehead atoms. The third kappa shape index (κ3) is 3.67. The van der Waals surface area contributed by atoms with Crippen molar-refractivity contribution in [1.82, 2.24) is 0 Å². The highest BCUT2D eigenvalue weighted by Crippen LogP contribution is 2.57. The van der Waals surface area contributed by atoms with Crippen molar-refractivity contribution >= 4 is 24.0 Å². The Kier molecular flexibility index (Phi) is 5.64. The van der Waals surface area contributed by atoms with Gasteiger partial charge in [0.15, 0.2) is 11.4 Å². The van der Waals surface area contributed by atoms with Crippen LogP contribution in [0.15, 0.2) is 54.6 Å². The zero-order valence-electron chi connectivity index (χ0n) is 19.0. The first-order chi connectivity index (χ1) is 17.0. The molecule has 0 aliphatic carbocycles.